The second-order valence-corrected chi connectivity index (χ2v) is 6.46. The molecule has 0 radical (unpaired) electrons. The summed E-state index contributed by atoms with van der Waals surface area (Å²) in [5.74, 6) is -1.15. The van der Waals surface area contributed by atoms with Crippen LogP contribution in [0.15, 0.2) is 30.3 Å². The minimum Gasteiger partial charge on any atom is -0.481 e. The lowest BCUT2D eigenvalue weighted by Crippen LogP contribution is -2.51. The molecule has 1 N–H and O–H groups in total. The molecule has 1 saturated heterocycles. The number of fused-ring (bicyclic) bond motifs is 1. The van der Waals surface area contributed by atoms with Crippen molar-refractivity contribution in [3.8, 4) is 0 Å². The van der Waals surface area contributed by atoms with Crippen LogP contribution in [0.4, 0.5) is 9.18 Å². The number of alkyl halides is 1. The van der Waals surface area contributed by atoms with E-state index >= 15 is 4.39 Å². The number of ether oxygens (including phenoxy) is 1. The van der Waals surface area contributed by atoms with E-state index < -0.39 is 23.1 Å². The SMILES string of the molecule is O=C(OCc1ccccc1)N1C[C@]2(F)CCCC[C@]2(C(=O)O)C1. The van der Waals surface area contributed by atoms with Crippen LogP contribution in [-0.4, -0.2) is 40.8 Å². The molecule has 2 aliphatic rings. The Morgan fingerprint density at radius 3 is 2.52 bits per heavy atom. The van der Waals surface area contributed by atoms with Crippen LogP contribution in [0.5, 0.6) is 0 Å². The van der Waals surface area contributed by atoms with Gasteiger partial charge >= 0.3 is 12.1 Å². The summed E-state index contributed by atoms with van der Waals surface area (Å²) >= 11 is 0. The van der Waals surface area contributed by atoms with Gasteiger partial charge in [-0.2, -0.15) is 0 Å². The summed E-state index contributed by atoms with van der Waals surface area (Å²) in [5, 5.41) is 9.55. The maximum Gasteiger partial charge on any atom is 0.410 e. The Kier molecular flexibility index (Phi) is 4.00. The summed E-state index contributed by atoms with van der Waals surface area (Å²) in [6.07, 6.45) is 1.12. The third-order valence-corrected chi connectivity index (χ3v) is 5.06. The fourth-order valence-corrected chi connectivity index (χ4v) is 3.74. The van der Waals surface area contributed by atoms with Crippen molar-refractivity contribution in [1.29, 1.82) is 0 Å². The maximum atomic E-state index is 15.2. The molecular formula is C17H20FNO4. The first-order chi connectivity index (χ1) is 11.0. The Labute approximate surface area is 134 Å². The molecule has 1 amide bonds. The van der Waals surface area contributed by atoms with Crippen molar-refractivity contribution in [2.75, 3.05) is 13.1 Å². The Hall–Kier alpha value is -2.11. The van der Waals surface area contributed by atoms with Crippen LogP contribution in [0.2, 0.25) is 0 Å². The van der Waals surface area contributed by atoms with Gasteiger partial charge in [-0.15, -0.1) is 0 Å². The maximum absolute atomic E-state index is 15.2. The molecule has 6 heteroatoms. The highest BCUT2D eigenvalue weighted by Gasteiger charge is 2.65. The molecule has 0 spiro atoms. The minimum atomic E-state index is -1.86. The number of nitrogens with zero attached hydrogens (tertiary/aromatic N) is 1. The highest BCUT2D eigenvalue weighted by atomic mass is 19.1. The number of hydrogen-bond acceptors (Lipinski definition) is 3. The fourth-order valence-electron chi connectivity index (χ4n) is 3.74. The molecule has 23 heavy (non-hydrogen) atoms. The zero-order valence-corrected chi connectivity index (χ0v) is 12.8. The highest BCUT2D eigenvalue weighted by molar-refractivity contribution is 5.80. The third-order valence-electron chi connectivity index (χ3n) is 5.06. The average Bonchev–Trinajstić information content (AvgIpc) is 2.88. The van der Waals surface area contributed by atoms with E-state index in [4.69, 9.17) is 4.74 Å². The lowest BCUT2D eigenvalue weighted by atomic mass is 9.66. The van der Waals surface area contributed by atoms with Gasteiger partial charge in [0.25, 0.3) is 0 Å². The number of halogens is 1. The van der Waals surface area contributed by atoms with Gasteiger partial charge in [-0.1, -0.05) is 43.2 Å². The first-order valence-corrected chi connectivity index (χ1v) is 7.85. The summed E-state index contributed by atoms with van der Waals surface area (Å²) in [4.78, 5) is 25.1. The van der Waals surface area contributed by atoms with Gasteiger partial charge < -0.3 is 14.7 Å². The normalized spacial score (nSPS) is 29.9. The molecule has 2 atom stereocenters. The topological polar surface area (TPSA) is 66.8 Å². The van der Waals surface area contributed by atoms with Crippen LogP contribution < -0.4 is 0 Å². The number of benzene rings is 1. The summed E-state index contributed by atoms with van der Waals surface area (Å²) in [6, 6.07) is 9.19. The van der Waals surface area contributed by atoms with Crippen LogP contribution in [0.25, 0.3) is 0 Å². The van der Waals surface area contributed by atoms with Crippen LogP contribution in [0, 0.1) is 5.41 Å². The standard InChI is InChI=1S/C17H20FNO4/c18-17-9-5-4-8-16(17,14(20)21)11-19(12-17)15(22)23-10-13-6-2-1-3-7-13/h1-3,6-7H,4-5,8-12H2,(H,20,21)/t16-,17-/m1/s1. The monoisotopic (exact) mass is 321 g/mol. The molecule has 5 nitrogen and oxygen atoms in total. The molecule has 124 valence electrons. The van der Waals surface area contributed by atoms with E-state index in [0.29, 0.717) is 12.8 Å². The summed E-state index contributed by atoms with van der Waals surface area (Å²) in [6.45, 7) is -0.227. The lowest BCUT2D eigenvalue weighted by Gasteiger charge is -2.39. The smallest absolute Gasteiger partial charge is 0.410 e. The molecule has 0 bridgehead atoms. The van der Waals surface area contributed by atoms with E-state index in [0.717, 1.165) is 5.56 Å². The van der Waals surface area contributed by atoms with Crippen molar-refractivity contribution < 1.29 is 23.8 Å². The second-order valence-electron chi connectivity index (χ2n) is 6.46. The molecule has 0 aromatic heterocycles. The number of carbonyl (C=O) groups is 2. The molecule has 0 unspecified atom stereocenters. The van der Waals surface area contributed by atoms with Gasteiger partial charge in [0.05, 0.1) is 6.54 Å². The highest BCUT2D eigenvalue weighted by Crippen LogP contribution is 2.52. The number of carboxylic acids is 1. The number of carboxylic acid groups (broad SMARTS) is 1. The second kappa shape index (κ2) is 5.83. The predicted octanol–water partition coefficient (Wildman–Crippen LogP) is 2.99. The number of rotatable bonds is 3. The van der Waals surface area contributed by atoms with Crippen LogP contribution in [0.3, 0.4) is 0 Å². The number of likely N-dealkylation sites (tertiary alicyclic amines) is 1. The number of carbonyl (C=O) groups excluding carboxylic acids is 1. The van der Waals surface area contributed by atoms with Crippen molar-refractivity contribution in [2.45, 2.75) is 38.0 Å². The molecule has 2 fully saturated rings. The van der Waals surface area contributed by atoms with Gasteiger partial charge in [-0.25, -0.2) is 9.18 Å². The largest absolute Gasteiger partial charge is 0.481 e. The molecule has 1 heterocycles. The fraction of sp³-hybridized carbons (Fsp3) is 0.529. The Bertz CT molecular complexity index is 608. The first-order valence-electron chi connectivity index (χ1n) is 7.85. The van der Waals surface area contributed by atoms with Gasteiger partial charge in [0.2, 0.25) is 0 Å². The van der Waals surface area contributed by atoms with Crippen molar-refractivity contribution in [3.63, 3.8) is 0 Å². The van der Waals surface area contributed by atoms with Gasteiger partial charge in [0.1, 0.15) is 17.7 Å². The van der Waals surface area contributed by atoms with Crippen molar-refractivity contribution in [3.05, 3.63) is 35.9 Å². The van der Waals surface area contributed by atoms with Gasteiger partial charge in [0.15, 0.2) is 0 Å². The summed E-state index contributed by atoms with van der Waals surface area (Å²) in [7, 11) is 0. The molecule has 3 rings (SSSR count). The molecule has 1 aromatic rings. The van der Waals surface area contributed by atoms with Crippen molar-refractivity contribution >= 4 is 12.1 Å². The summed E-state index contributed by atoms with van der Waals surface area (Å²) in [5.41, 5.74) is -2.51. The van der Waals surface area contributed by atoms with E-state index in [-0.39, 0.29) is 32.5 Å². The quantitative estimate of drug-likeness (QED) is 0.929. The van der Waals surface area contributed by atoms with Crippen LogP contribution in [0.1, 0.15) is 31.2 Å². The first kappa shape index (κ1) is 15.8. The lowest BCUT2D eigenvalue weighted by molar-refractivity contribution is -0.159. The molecular weight excluding hydrogens is 301 g/mol. The zero-order chi connectivity index (χ0) is 16.5. The van der Waals surface area contributed by atoms with Gasteiger partial charge in [-0.3, -0.25) is 4.79 Å². The Balaban J connectivity index is 1.70. The molecule has 1 aliphatic carbocycles. The average molecular weight is 321 g/mol. The number of aliphatic carboxylic acids is 1. The zero-order valence-electron chi connectivity index (χ0n) is 12.8. The Morgan fingerprint density at radius 1 is 1.17 bits per heavy atom. The molecule has 1 saturated carbocycles. The predicted molar refractivity (Wildman–Crippen MR) is 80.6 cm³/mol. The third kappa shape index (κ3) is 2.66. The summed E-state index contributed by atoms with van der Waals surface area (Å²) < 4.78 is 20.4. The van der Waals surface area contributed by atoms with Gasteiger partial charge in [-0.05, 0) is 18.4 Å². The van der Waals surface area contributed by atoms with Crippen LogP contribution >= 0.6 is 0 Å². The van der Waals surface area contributed by atoms with E-state index in [1.807, 2.05) is 30.3 Å². The van der Waals surface area contributed by atoms with Crippen LogP contribution in [-0.2, 0) is 16.1 Å². The van der Waals surface area contributed by atoms with E-state index in [9.17, 15) is 14.7 Å². The van der Waals surface area contributed by atoms with E-state index in [2.05, 4.69) is 0 Å². The number of hydrogen-bond donors (Lipinski definition) is 1. The Morgan fingerprint density at radius 2 is 1.87 bits per heavy atom. The van der Waals surface area contributed by atoms with Crippen molar-refractivity contribution in [2.24, 2.45) is 5.41 Å². The molecule has 1 aromatic carbocycles. The van der Waals surface area contributed by atoms with E-state index in [1.165, 1.54) is 4.90 Å². The van der Waals surface area contributed by atoms with Crippen molar-refractivity contribution in [1.82, 2.24) is 4.90 Å². The van der Waals surface area contributed by atoms with Gasteiger partial charge in [0, 0.05) is 6.54 Å². The number of amides is 1. The molecule has 1 aliphatic heterocycles. The minimum absolute atomic E-state index is 0.0928. The van der Waals surface area contributed by atoms with E-state index in [1.54, 1.807) is 0 Å².